The lowest BCUT2D eigenvalue weighted by Gasteiger charge is -2.37. The highest BCUT2D eigenvalue weighted by Crippen LogP contribution is 2.13. The Hall–Kier alpha value is -2.75. The molecule has 0 spiro atoms. The number of likely N-dealkylation sites (tertiary alicyclic amines) is 2. The maximum absolute atomic E-state index is 12.0. The second-order valence-electron chi connectivity index (χ2n) is 13.3. The van der Waals surface area contributed by atoms with Crippen molar-refractivity contribution in [2.24, 2.45) is 11.5 Å². The summed E-state index contributed by atoms with van der Waals surface area (Å²) in [7, 11) is 50.4. The van der Waals surface area contributed by atoms with Crippen molar-refractivity contribution >= 4 is 133 Å². The zero-order valence-electron chi connectivity index (χ0n) is 30.3. The number of amides is 4. The normalized spacial score (nSPS) is 16.1. The van der Waals surface area contributed by atoms with Crippen molar-refractivity contribution in [1.29, 1.82) is 0 Å². The van der Waals surface area contributed by atoms with Gasteiger partial charge in [-0.1, -0.05) is 60.7 Å². The van der Waals surface area contributed by atoms with Crippen molar-refractivity contribution in [2.45, 2.75) is 51.0 Å². The second-order valence-corrected chi connectivity index (χ2v) is 13.3. The van der Waals surface area contributed by atoms with Crippen LogP contribution in [-0.2, 0) is 22.7 Å². The first kappa shape index (κ1) is 46.4. The number of nitrogens with one attached hydrogen (secondary N) is 1. The van der Waals surface area contributed by atoms with Crippen LogP contribution in [-0.4, -0.2) is 181 Å². The minimum Gasteiger partial charge on any atom is -0.445 e. The van der Waals surface area contributed by atoms with Crippen molar-refractivity contribution < 1.29 is 23.9 Å². The molecule has 4 rings (SSSR count). The zero-order valence-corrected chi connectivity index (χ0v) is 30.3. The molecule has 4 amide bonds. The van der Waals surface area contributed by atoms with E-state index in [0.29, 0.717) is 26.2 Å². The highest BCUT2D eigenvalue weighted by atomic mass is 16.6. The van der Waals surface area contributed by atoms with Gasteiger partial charge in [-0.15, -0.1) is 0 Å². The number of benzene rings is 2. The first-order valence-corrected chi connectivity index (χ1v) is 17.6. The molecule has 2 aliphatic rings. The van der Waals surface area contributed by atoms with Gasteiger partial charge in [0.1, 0.15) is 13.2 Å². The van der Waals surface area contributed by atoms with Gasteiger partial charge in [0.2, 0.25) is 0 Å². The Balaban J connectivity index is 0.000000278. The van der Waals surface area contributed by atoms with E-state index in [-0.39, 0.29) is 30.9 Å². The summed E-state index contributed by atoms with van der Waals surface area (Å²) in [4.78, 5) is 37.9. The number of urea groups is 1. The molecule has 2 aliphatic heterocycles. The van der Waals surface area contributed by atoms with Gasteiger partial charge >= 0.3 is 18.2 Å². The van der Waals surface area contributed by atoms with E-state index < -0.39 is 50.7 Å². The summed E-state index contributed by atoms with van der Waals surface area (Å²) in [6, 6.07) is 18.6. The Labute approximate surface area is 330 Å². The summed E-state index contributed by atoms with van der Waals surface area (Å²) >= 11 is 0. The summed E-state index contributed by atoms with van der Waals surface area (Å²) in [6.07, 6.45) is -2.04. The molecule has 2 aromatic rings. The van der Waals surface area contributed by atoms with Gasteiger partial charge in [0.05, 0.1) is 0 Å². The third-order valence-electron chi connectivity index (χ3n) is 8.82. The number of nitrogens with two attached hydrogens (primary N) is 2. The van der Waals surface area contributed by atoms with E-state index in [1.54, 1.807) is 9.80 Å². The molecule has 53 heavy (non-hydrogen) atoms. The zero-order chi connectivity index (χ0) is 39.5. The lowest BCUT2D eigenvalue weighted by molar-refractivity contribution is 0.0839. The molecule has 2 saturated heterocycles. The van der Waals surface area contributed by atoms with Crippen LogP contribution in [0.15, 0.2) is 60.7 Å². The van der Waals surface area contributed by atoms with Gasteiger partial charge in [-0.3, -0.25) is 0 Å². The number of hydrogen-bond donors (Lipinski definition) is 3. The smallest absolute Gasteiger partial charge is 0.410 e. The molecular weight excluding hydrogens is 647 g/mol. The average molecular weight is 685 g/mol. The Morgan fingerprint density at radius 1 is 0.660 bits per heavy atom. The van der Waals surface area contributed by atoms with Crippen LogP contribution in [0.1, 0.15) is 36.8 Å². The number of rotatable bonds is 11. The number of primary amides is 1. The summed E-state index contributed by atoms with van der Waals surface area (Å²) in [5.74, 6) is 0. The first-order valence-electron chi connectivity index (χ1n) is 17.6. The number of ether oxygens (including phenoxy) is 2. The third-order valence-corrected chi connectivity index (χ3v) is 8.82. The molecule has 2 heterocycles. The molecule has 5 N–H and O–H groups in total. The largest absolute Gasteiger partial charge is 0.445 e. The minimum atomic E-state index is -0.807. The van der Waals surface area contributed by atoms with E-state index in [9.17, 15) is 14.4 Å². The van der Waals surface area contributed by atoms with Gasteiger partial charge in [-0.05, 0) is 36.8 Å². The molecule has 248 valence electrons. The monoisotopic (exact) mass is 687 g/mol. The van der Waals surface area contributed by atoms with E-state index in [2.05, 4.69) is 5.32 Å². The standard InChI is InChI=1S/C14H19N3O3.C13H18N2O2.B16/c15-13(18)16-12-7-4-8-17(9-12)14(19)20-10-11-5-2-1-3-6-11;14-12-7-4-8-15(9-12)13(16)17-10-11-5-2-1-3-6-11;1-10(2)14(9)16(13(7)8)15(11(3)4)12(5)6/h1-3,5-6,12H,4,7-10H2,(H3,15,16,18);1-3,5-6,12H,4,7-10,14H2;. The van der Waals surface area contributed by atoms with Crippen molar-refractivity contribution in [2.75, 3.05) is 26.2 Å². The summed E-state index contributed by atoms with van der Waals surface area (Å²) in [5, 5.41) is 2.63. The number of carbonyl (C=O) groups excluding carboxylic acids is 3. The van der Waals surface area contributed by atoms with Crippen LogP contribution in [0.2, 0.25) is 0 Å². The van der Waals surface area contributed by atoms with E-state index in [0.717, 1.165) is 43.4 Å². The molecule has 2 fully saturated rings. The van der Waals surface area contributed by atoms with Crippen molar-refractivity contribution in [3.05, 3.63) is 71.8 Å². The van der Waals surface area contributed by atoms with Crippen molar-refractivity contribution in [3.63, 3.8) is 0 Å². The topological polar surface area (TPSA) is 140 Å². The van der Waals surface area contributed by atoms with Crippen molar-refractivity contribution in [1.82, 2.24) is 15.1 Å². The third kappa shape index (κ3) is 17.5. The predicted molar refractivity (Wildman–Crippen MR) is 231 cm³/mol. The fourth-order valence-corrected chi connectivity index (χ4v) is 6.06. The molecule has 0 aromatic heterocycles. The molecule has 2 unspecified atom stereocenters. The van der Waals surface area contributed by atoms with Crippen LogP contribution in [0.4, 0.5) is 14.4 Å². The van der Waals surface area contributed by atoms with Crippen LogP contribution in [0.5, 0.6) is 0 Å². The molecule has 0 aliphatic carbocycles. The number of nitrogens with zero attached hydrogens (tertiary/aromatic N) is 2. The van der Waals surface area contributed by atoms with Gasteiger partial charge in [0, 0.05) is 153 Å². The van der Waals surface area contributed by atoms with Gasteiger partial charge in [0.25, 0.3) is 0 Å². The number of carbonyl (C=O) groups is 3. The van der Waals surface area contributed by atoms with Gasteiger partial charge < -0.3 is 36.1 Å². The maximum atomic E-state index is 12.0. The second kappa shape index (κ2) is 24.6. The molecule has 0 saturated carbocycles. The summed E-state index contributed by atoms with van der Waals surface area (Å²) in [5.41, 5.74) is 12.9. The lowest BCUT2D eigenvalue weighted by Crippen LogP contribution is -2.75. The maximum Gasteiger partial charge on any atom is 0.410 e. The van der Waals surface area contributed by atoms with E-state index in [4.69, 9.17) is 90.6 Å². The van der Waals surface area contributed by atoms with Crippen molar-refractivity contribution in [3.8, 4) is 0 Å². The lowest BCUT2D eigenvalue weighted by atomic mass is 8.44. The number of hydrogen-bond acceptors (Lipinski definition) is 6. The fourth-order valence-electron chi connectivity index (χ4n) is 6.06. The highest BCUT2D eigenvalue weighted by molar-refractivity contribution is 8.13. The quantitative estimate of drug-likeness (QED) is 0.217. The van der Waals surface area contributed by atoms with Crippen LogP contribution < -0.4 is 16.8 Å². The molecular formula is C27H37B16N5O5. The Morgan fingerprint density at radius 2 is 1.09 bits per heavy atom. The summed E-state index contributed by atoms with van der Waals surface area (Å²) < 4.78 is 10.5. The molecule has 26 heteroatoms. The molecule has 18 radical (unpaired) electrons. The Bertz CT molecular complexity index is 1360. The fraction of sp³-hybridized carbons (Fsp3) is 0.444. The average Bonchev–Trinajstić information content (AvgIpc) is 3.12. The molecule has 2 aromatic carbocycles. The summed E-state index contributed by atoms with van der Waals surface area (Å²) in [6.45, 7) is 3.02. The van der Waals surface area contributed by atoms with Crippen LogP contribution in [0, 0.1) is 0 Å². The SMILES string of the molecule is NC(=O)NC1CCCN(C(=O)OCc2ccccc2)C1.NC1CCCN(C(=O)OCc2ccccc2)C1.[B]B([B])B([B])B(B([B])[B])B(B([B])[B])B([B])[B]. The van der Waals surface area contributed by atoms with Crippen LogP contribution >= 0.6 is 0 Å². The highest BCUT2D eigenvalue weighted by Gasteiger charge is 2.38. The van der Waals surface area contributed by atoms with E-state index in [1.807, 2.05) is 60.7 Å². The predicted octanol–water partition coefficient (Wildman–Crippen LogP) is -2.89. The molecule has 10 nitrogen and oxygen atoms in total. The Kier molecular flexibility index (Phi) is 21.6. The van der Waals surface area contributed by atoms with E-state index >= 15 is 0 Å². The first-order chi connectivity index (χ1) is 25.1. The van der Waals surface area contributed by atoms with Gasteiger partial charge in [-0.2, -0.15) is 0 Å². The Morgan fingerprint density at radius 3 is 1.49 bits per heavy atom. The van der Waals surface area contributed by atoms with Crippen LogP contribution in [0.25, 0.3) is 0 Å². The van der Waals surface area contributed by atoms with Crippen LogP contribution in [0.3, 0.4) is 0 Å². The molecule has 0 bridgehead atoms. The van der Waals surface area contributed by atoms with E-state index in [1.165, 1.54) is 0 Å². The number of piperidine rings is 2. The van der Waals surface area contributed by atoms with Gasteiger partial charge in [0.15, 0.2) is 0 Å². The molecule has 2 atom stereocenters. The van der Waals surface area contributed by atoms with Gasteiger partial charge in [-0.25, -0.2) is 14.4 Å². The minimum absolute atomic E-state index is 0.0908.